The quantitative estimate of drug-likeness (QED) is 0.171. The van der Waals surface area contributed by atoms with E-state index in [1.807, 2.05) is 18.2 Å². The van der Waals surface area contributed by atoms with Crippen LogP contribution >= 0.6 is 0 Å². The van der Waals surface area contributed by atoms with Crippen LogP contribution in [-0.2, 0) is 21.4 Å². The van der Waals surface area contributed by atoms with Crippen LogP contribution in [0.4, 0.5) is 13.2 Å². The molecule has 0 fully saturated rings. The molecule has 4 aromatic rings. The Morgan fingerprint density at radius 2 is 1.83 bits per heavy atom. The molecule has 0 radical (unpaired) electrons. The average molecular weight is 674 g/mol. The normalized spacial score (nSPS) is 15.8. The van der Waals surface area contributed by atoms with Crippen LogP contribution < -0.4 is 19.5 Å². The summed E-state index contributed by atoms with van der Waals surface area (Å²) in [6, 6.07) is 16.6. The Kier molecular flexibility index (Phi) is 10.2. The fraction of sp³-hybridized carbons (Fsp3) is 0.382. The molecule has 0 saturated heterocycles. The molecule has 1 amide bonds. The second-order valence-electron chi connectivity index (χ2n) is 12.2. The highest BCUT2D eigenvalue weighted by Crippen LogP contribution is 2.35. The minimum atomic E-state index is -4.91. The molecule has 1 aromatic heterocycles. The Balaban J connectivity index is 1.34. The van der Waals surface area contributed by atoms with Crippen molar-refractivity contribution in [1.82, 2.24) is 14.9 Å². The summed E-state index contributed by atoms with van der Waals surface area (Å²) in [7, 11) is -2.31. The Bertz CT molecular complexity index is 1830. The van der Waals surface area contributed by atoms with Gasteiger partial charge in [-0.15, -0.1) is 13.2 Å². The second kappa shape index (κ2) is 14.0. The van der Waals surface area contributed by atoms with Crippen molar-refractivity contribution in [2.24, 2.45) is 5.92 Å². The summed E-state index contributed by atoms with van der Waals surface area (Å²) in [6.07, 6.45) is -4.59. The van der Waals surface area contributed by atoms with Crippen LogP contribution in [0.5, 0.6) is 11.5 Å². The number of nitrogens with zero attached hydrogens (tertiary/aromatic N) is 1. The Morgan fingerprint density at radius 1 is 1.09 bits per heavy atom. The van der Waals surface area contributed by atoms with Crippen molar-refractivity contribution in [1.29, 1.82) is 0 Å². The zero-order chi connectivity index (χ0) is 33.9. The van der Waals surface area contributed by atoms with E-state index < -0.39 is 33.3 Å². The van der Waals surface area contributed by atoms with E-state index in [-0.39, 0.29) is 34.9 Å². The summed E-state index contributed by atoms with van der Waals surface area (Å²) < 4.78 is 83.7. The third-order valence-corrected chi connectivity index (χ3v) is 9.28. The van der Waals surface area contributed by atoms with E-state index in [2.05, 4.69) is 40.6 Å². The number of carbonyl (C=O) groups is 1. The molecule has 1 aliphatic rings. The van der Waals surface area contributed by atoms with Crippen molar-refractivity contribution in [3.63, 3.8) is 0 Å². The first kappa shape index (κ1) is 34.3. The van der Waals surface area contributed by atoms with E-state index in [9.17, 15) is 26.4 Å². The van der Waals surface area contributed by atoms with Crippen molar-refractivity contribution >= 4 is 26.9 Å². The van der Waals surface area contributed by atoms with Crippen molar-refractivity contribution in [3.05, 3.63) is 89.0 Å². The van der Waals surface area contributed by atoms with Gasteiger partial charge in [0, 0.05) is 42.4 Å². The molecule has 1 aliphatic heterocycles. The van der Waals surface area contributed by atoms with E-state index in [4.69, 9.17) is 9.15 Å². The number of fused-ring (bicyclic) bond motifs is 2. The zero-order valence-corrected chi connectivity index (χ0v) is 27.4. The number of hydrogen-bond donors (Lipinski definition) is 2. The van der Waals surface area contributed by atoms with Crippen LogP contribution in [0.15, 0.2) is 76.2 Å². The highest BCUT2D eigenvalue weighted by atomic mass is 32.2. The number of ether oxygens (including phenoxy) is 2. The molecular weight excluding hydrogens is 635 g/mol. The summed E-state index contributed by atoms with van der Waals surface area (Å²) in [5, 5.41) is 2.73. The summed E-state index contributed by atoms with van der Waals surface area (Å²) in [5.74, 6) is 0.362. The number of halogens is 3. The van der Waals surface area contributed by atoms with Crippen LogP contribution in [0, 0.1) is 12.8 Å². The van der Waals surface area contributed by atoms with Crippen molar-refractivity contribution in [2.45, 2.75) is 63.7 Å². The Morgan fingerprint density at radius 3 is 2.53 bits per heavy atom. The van der Waals surface area contributed by atoms with Gasteiger partial charge in [0.1, 0.15) is 17.1 Å². The van der Waals surface area contributed by atoms with Gasteiger partial charge in [-0.2, -0.15) is 0 Å². The molecule has 2 N–H and O–H groups in total. The number of nitrogens with one attached hydrogen (secondary N) is 2. The topological polar surface area (TPSA) is 110 Å². The maximum absolute atomic E-state index is 13.7. The first-order valence-corrected chi connectivity index (χ1v) is 16.8. The molecular formula is C34H38F3N3O6S. The van der Waals surface area contributed by atoms with Gasteiger partial charge in [0.2, 0.25) is 11.0 Å². The number of aryl methyl sites for hydroxylation is 1. The lowest BCUT2D eigenvalue weighted by Gasteiger charge is -2.28. The van der Waals surface area contributed by atoms with Gasteiger partial charge in [-0.25, -0.2) is 13.1 Å². The fourth-order valence-corrected chi connectivity index (χ4v) is 7.32. The number of hydrogen-bond acceptors (Lipinski definition) is 7. The van der Waals surface area contributed by atoms with Crippen molar-refractivity contribution in [3.8, 4) is 11.5 Å². The van der Waals surface area contributed by atoms with Gasteiger partial charge in [0.25, 0.3) is 10.0 Å². The highest BCUT2D eigenvalue weighted by molar-refractivity contribution is 7.89. The number of furan rings is 1. The Hall–Kier alpha value is -4.07. The SMILES string of the molecule is Cc1c(S(=O)(=O)NC(CC(=O)NC2CCOc3cc(CN(C)CC(C)C)ccc32)c2ccccc2)oc2ccc(OC(F)(F)F)cc12. The fourth-order valence-electron chi connectivity index (χ4n) is 5.91. The standard InChI is InChI=1S/C34H38F3N3O6S/c1-21(2)19-40(4)20-23-10-12-26-28(14-15-44-31(26)16-23)38-32(41)18-29(24-8-6-5-7-9-24)39-47(42,43)33-22(3)27-17-25(46-34(35,36)37)11-13-30(27)45-33/h5-13,16-17,21,28-29,39H,14-15,18-20H2,1-4H3,(H,38,41). The maximum atomic E-state index is 13.7. The van der Waals surface area contributed by atoms with Crippen LogP contribution in [0.25, 0.3) is 11.0 Å². The predicted octanol–water partition coefficient (Wildman–Crippen LogP) is 6.78. The molecule has 2 atom stereocenters. The van der Waals surface area contributed by atoms with Crippen LogP contribution in [-0.4, -0.2) is 45.8 Å². The molecule has 252 valence electrons. The second-order valence-corrected chi connectivity index (χ2v) is 13.8. The molecule has 13 heteroatoms. The van der Waals surface area contributed by atoms with Gasteiger partial charge >= 0.3 is 6.36 Å². The molecule has 0 spiro atoms. The van der Waals surface area contributed by atoms with E-state index in [1.165, 1.54) is 13.0 Å². The highest BCUT2D eigenvalue weighted by Gasteiger charge is 2.33. The number of benzene rings is 3. The van der Waals surface area contributed by atoms with Gasteiger partial charge in [-0.1, -0.05) is 56.3 Å². The molecule has 0 aliphatic carbocycles. The molecule has 0 bridgehead atoms. The third kappa shape index (κ3) is 8.65. The summed E-state index contributed by atoms with van der Waals surface area (Å²) in [6.45, 7) is 7.90. The number of carbonyl (C=O) groups excluding carboxylic acids is 1. The first-order chi connectivity index (χ1) is 22.2. The maximum Gasteiger partial charge on any atom is 0.573 e. The average Bonchev–Trinajstić information content (AvgIpc) is 3.32. The summed E-state index contributed by atoms with van der Waals surface area (Å²) >= 11 is 0. The number of sulfonamides is 1. The molecule has 47 heavy (non-hydrogen) atoms. The molecule has 5 rings (SSSR count). The van der Waals surface area contributed by atoms with Gasteiger partial charge in [0.15, 0.2) is 0 Å². The van der Waals surface area contributed by atoms with E-state index in [0.717, 1.165) is 36.3 Å². The summed E-state index contributed by atoms with van der Waals surface area (Å²) in [5.41, 5.74) is 2.67. The smallest absolute Gasteiger partial charge is 0.493 e. The van der Waals surface area contributed by atoms with Gasteiger partial charge in [0.05, 0.1) is 18.7 Å². The van der Waals surface area contributed by atoms with E-state index in [1.54, 1.807) is 30.3 Å². The molecule has 9 nitrogen and oxygen atoms in total. The lowest BCUT2D eigenvalue weighted by molar-refractivity contribution is -0.274. The monoisotopic (exact) mass is 673 g/mol. The minimum Gasteiger partial charge on any atom is -0.493 e. The molecule has 2 heterocycles. The lowest BCUT2D eigenvalue weighted by atomic mass is 9.97. The van der Waals surface area contributed by atoms with Crippen molar-refractivity contribution in [2.75, 3.05) is 20.2 Å². The van der Waals surface area contributed by atoms with Gasteiger partial charge < -0.3 is 24.1 Å². The zero-order valence-electron chi connectivity index (χ0n) is 26.6. The Labute approximate surface area is 272 Å². The largest absolute Gasteiger partial charge is 0.573 e. The third-order valence-electron chi connectivity index (χ3n) is 7.81. The van der Waals surface area contributed by atoms with Crippen molar-refractivity contribution < 1.29 is 40.3 Å². The predicted molar refractivity (Wildman–Crippen MR) is 170 cm³/mol. The molecule has 3 aromatic carbocycles. The van der Waals surface area contributed by atoms with Gasteiger partial charge in [-0.05, 0) is 55.3 Å². The molecule has 2 unspecified atom stereocenters. The minimum absolute atomic E-state index is 0.0688. The summed E-state index contributed by atoms with van der Waals surface area (Å²) in [4.78, 5) is 15.7. The van der Waals surface area contributed by atoms with Gasteiger partial charge in [-0.3, -0.25) is 4.79 Å². The number of alkyl halides is 3. The van der Waals surface area contributed by atoms with E-state index in [0.29, 0.717) is 30.3 Å². The van der Waals surface area contributed by atoms with E-state index >= 15 is 0 Å². The van der Waals surface area contributed by atoms with Crippen LogP contribution in [0.3, 0.4) is 0 Å². The number of rotatable bonds is 12. The first-order valence-electron chi connectivity index (χ1n) is 15.3. The number of amides is 1. The lowest BCUT2D eigenvalue weighted by Crippen LogP contribution is -2.36. The van der Waals surface area contributed by atoms with Crippen LogP contribution in [0.2, 0.25) is 0 Å². The molecule has 0 saturated carbocycles. The van der Waals surface area contributed by atoms with Crippen LogP contribution in [0.1, 0.15) is 61.0 Å².